The maximum Gasteiger partial charge on any atom is 0.0700 e. The highest BCUT2D eigenvalue weighted by molar-refractivity contribution is 6.31. The molecule has 5 rings (SSSR count). The number of halogens is 1. The molecule has 3 aromatic rings. The molecule has 2 aromatic carbocycles. The summed E-state index contributed by atoms with van der Waals surface area (Å²) in [4.78, 5) is 0. The molecule has 1 heterocycles. The van der Waals surface area contributed by atoms with Crippen LogP contribution >= 0.6 is 11.6 Å². The van der Waals surface area contributed by atoms with E-state index < -0.39 is 0 Å². The third-order valence-corrected chi connectivity index (χ3v) is 7.52. The Kier molecular flexibility index (Phi) is 6.39. The highest BCUT2D eigenvalue weighted by Gasteiger charge is 2.45. The molecule has 2 aliphatic carbocycles. The topological polar surface area (TPSA) is 17.8 Å². The van der Waals surface area contributed by atoms with Gasteiger partial charge in [0.05, 0.1) is 17.6 Å². The van der Waals surface area contributed by atoms with E-state index in [4.69, 9.17) is 16.7 Å². The van der Waals surface area contributed by atoms with E-state index in [1.165, 1.54) is 41.6 Å². The maximum atomic E-state index is 6.40. The third-order valence-electron chi connectivity index (χ3n) is 7.15. The Morgan fingerprint density at radius 1 is 1.10 bits per heavy atom. The molecule has 0 saturated heterocycles. The summed E-state index contributed by atoms with van der Waals surface area (Å²) in [6.45, 7) is 8.59. The van der Waals surface area contributed by atoms with Crippen molar-refractivity contribution in [2.45, 2.75) is 59.8 Å². The number of hydrogen-bond acceptors (Lipinski definition) is 1. The van der Waals surface area contributed by atoms with Crippen LogP contribution < -0.4 is 0 Å². The molecule has 2 aliphatic rings. The second kappa shape index (κ2) is 9.04. The van der Waals surface area contributed by atoms with Gasteiger partial charge in [0.25, 0.3) is 0 Å². The Labute approximate surface area is 192 Å². The molecule has 0 radical (unpaired) electrons. The van der Waals surface area contributed by atoms with Crippen LogP contribution in [0.5, 0.6) is 0 Å². The summed E-state index contributed by atoms with van der Waals surface area (Å²) in [6.07, 6.45) is 10.3. The first-order chi connectivity index (χ1) is 15.0. The number of aryl methyl sites for hydroxylation is 2. The minimum atomic E-state index is 0.245. The standard InChI is InChI=1S/C26H27ClN2.C2H6/c1-18-7-13-23(14-8-18)29-25-15-22-12-11-21(26(22,2)16-20(25)17-28-29)10-9-19-5-3-4-6-24(19)27;1-2/h3-8,13-15,17,21H,9-12,16H2,1-2H3;1-2H3. The molecule has 0 spiro atoms. The lowest BCUT2D eigenvalue weighted by Gasteiger charge is -2.36. The molecule has 2 nitrogen and oxygen atoms in total. The second-order valence-electron chi connectivity index (χ2n) is 8.93. The molecular formula is C28H33ClN2. The van der Waals surface area contributed by atoms with Gasteiger partial charge in [0, 0.05) is 5.02 Å². The average molecular weight is 433 g/mol. The van der Waals surface area contributed by atoms with E-state index in [0.717, 1.165) is 23.6 Å². The number of nitrogens with zero attached hydrogens (tertiary/aromatic N) is 2. The van der Waals surface area contributed by atoms with Gasteiger partial charge in [0.15, 0.2) is 0 Å². The summed E-state index contributed by atoms with van der Waals surface area (Å²) >= 11 is 6.40. The van der Waals surface area contributed by atoms with Gasteiger partial charge in [-0.25, -0.2) is 4.68 Å². The van der Waals surface area contributed by atoms with Gasteiger partial charge >= 0.3 is 0 Å². The van der Waals surface area contributed by atoms with Gasteiger partial charge < -0.3 is 0 Å². The summed E-state index contributed by atoms with van der Waals surface area (Å²) in [5.41, 5.74) is 8.19. The average Bonchev–Trinajstić information content (AvgIpc) is 3.33. The van der Waals surface area contributed by atoms with Crippen LogP contribution in [0.1, 0.15) is 62.4 Å². The largest absolute Gasteiger partial charge is 0.233 e. The maximum absolute atomic E-state index is 6.40. The molecule has 1 saturated carbocycles. The number of allylic oxidation sites excluding steroid dienone is 1. The molecule has 3 heteroatoms. The van der Waals surface area contributed by atoms with E-state index in [2.05, 4.69) is 67.2 Å². The van der Waals surface area contributed by atoms with Crippen molar-refractivity contribution in [1.82, 2.24) is 9.78 Å². The van der Waals surface area contributed by atoms with E-state index in [1.807, 2.05) is 26.0 Å². The van der Waals surface area contributed by atoms with Crippen LogP contribution in [0.4, 0.5) is 0 Å². The molecule has 0 amide bonds. The van der Waals surface area contributed by atoms with E-state index in [9.17, 15) is 0 Å². The van der Waals surface area contributed by atoms with Crippen LogP contribution in [0.3, 0.4) is 0 Å². The van der Waals surface area contributed by atoms with E-state index in [1.54, 1.807) is 5.57 Å². The summed E-state index contributed by atoms with van der Waals surface area (Å²) in [5, 5.41) is 5.64. The fraction of sp³-hybridized carbons (Fsp3) is 0.393. The zero-order chi connectivity index (χ0) is 22.0. The lowest BCUT2D eigenvalue weighted by Crippen LogP contribution is -2.29. The smallest absolute Gasteiger partial charge is 0.0700 e. The molecular weight excluding hydrogens is 400 g/mol. The van der Waals surface area contributed by atoms with Crippen LogP contribution in [-0.4, -0.2) is 9.78 Å². The van der Waals surface area contributed by atoms with Crippen molar-refractivity contribution >= 4 is 17.7 Å². The molecule has 0 bridgehead atoms. The fourth-order valence-electron chi connectivity index (χ4n) is 5.32. The molecule has 0 aliphatic heterocycles. The van der Waals surface area contributed by atoms with Crippen LogP contribution in [-0.2, 0) is 12.8 Å². The lowest BCUT2D eigenvalue weighted by atomic mass is 9.68. The van der Waals surface area contributed by atoms with Gasteiger partial charge in [0.2, 0.25) is 0 Å². The first kappa shape index (κ1) is 21.9. The van der Waals surface area contributed by atoms with Gasteiger partial charge in [0.1, 0.15) is 0 Å². The Morgan fingerprint density at radius 2 is 1.84 bits per heavy atom. The highest BCUT2D eigenvalue weighted by atomic mass is 35.5. The van der Waals surface area contributed by atoms with Crippen LogP contribution in [0.25, 0.3) is 11.8 Å². The van der Waals surface area contributed by atoms with Crippen molar-refractivity contribution in [3.05, 3.63) is 87.7 Å². The normalized spacial score (nSPS) is 21.6. The Bertz CT molecular complexity index is 1080. The number of aromatic nitrogens is 2. The fourth-order valence-corrected chi connectivity index (χ4v) is 5.55. The van der Waals surface area contributed by atoms with Crippen molar-refractivity contribution in [3.8, 4) is 5.69 Å². The second-order valence-corrected chi connectivity index (χ2v) is 9.34. The minimum Gasteiger partial charge on any atom is -0.233 e. The number of hydrogen-bond donors (Lipinski definition) is 0. The summed E-state index contributed by atoms with van der Waals surface area (Å²) in [6, 6.07) is 16.9. The van der Waals surface area contributed by atoms with Crippen LogP contribution in [0.15, 0.2) is 60.3 Å². The van der Waals surface area contributed by atoms with Gasteiger partial charge in [-0.2, -0.15) is 5.10 Å². The molecule has 2 atom stereocenters. The Balaban J connectivity index is 0.00000112. The van der Waals surface area contributed by atoms with Crippen molar-refractivity contribution in [2.75, 3.05) is 0 Å². The van der Waals surface area contributed by atoms with Crippen molar-refractivity contribution in [3.63, 3.8) is 0 Å². The van der Waals surface area contributed by atoms with Crippen molar-refractivity contribution in [2.24, 2.45) is 11.3 Å². The van der Waals surface area contributed by atoms with Gasteiger partial charge in [-0.05, 0) is 85.8 Å². The van der Waals surface area contributed by atoms with Gasteiger partial charge in [-0.1, -0.05) is 73.8 Å². The monoisotopic (exact) mass is 432 g/mol. The van der Waals surface area contributed by atoms with Crippen molar-refractivity contribution in [1.29, 1.82) is 0 Å². The van der Waals surface area contributed by atoms with Gasteiger partial charge in [-0.3, -0.25) is 0 Å². The highest BCUT2D eigenvalue weighted by Crippen LogP contribution is 2.54. The summed E-state index contributed by atoms with van der Waals surface area (Å²) in [5.74, 6) is 0.695. The van der Waals surface area contributed by atoms with Crippen LogP contribution in [0, 0.1) is 18.3 Å². The number of rotatable bonds is 4. The van der Waals surface area contributed by atoms with E-state index in [0.29, 0.717) is 5.92 Å². The zero-order valence-electron chi connectivity index (χ0n) is 19.2. The van der Waals surface area contributed by atoms with Crippen molar-refractivity contribution < 1.29 is 0 Å². The third kappa shape index (κ3) is 4.11. The van der Waals surface area contributed by atoms with E-state index in [-0.39, 0.29) is 5.41 Å². The number of fused-ring (bicyclic) bond motifs is 2. The SMILES string of the molecule is CC.Cc1ccc(-n2ncc3c2C=C2CCC(CCc4ccccc4Cl)C2(C)C3)cc1. The Hall–Kier alpha value is -2.32. The van der Waals surface area contributed by atoms with Gasteiger partial charge in [-0.15, -0.1) is 0 Å². The summed E-state index contributed by atoms with van der Waals surface area (Å²) < 4.78 is 2.11. The quantitative estimate of drug-likeness (QED) is 0.410. The molecule has 0 N–H and O–H groups in total. The molecule has 1 aromatic heterocycles. The lowest BCUT2D eigenvalue weighted by molar-refractivity contribution is 0.256. The first-order valence-corrected chi connectivity index (χ1v) is 12.0. The summed E-state index contributed by atoms with van der Waals surface area (Å²) in [7, 11) is 0. The molecule has 162 valence electrons. The predicted octanol–water partition coefficient (Wildman–Crippen LogP) is 7.85. The minimum absolute atomic E-state index is 0.245. The van der Waals surface area contributed by atoms with E-state index >= 15 is 0 Å². The molecule has 2 unspecified atom stereocenters. The first-order valence-electron chi connectivity index (χ1n) is 11.6. The zero-order valence-corrected chi connectivity index (χ0v) is 19.9. The van der Waals surface area contributed by atoms with Crippen LogP contribution in [0.2, 0.25) is 5.02 Å². The molecule has 1 fully saturated rings. The predicted molar refractivity (Wildman–Crippen MR) is 132 cm³/mol. The molecule has 31 heavy (non-hydrogen) atoms. The Morgan fingerprint density at radius 3 is 2.58 bits per heavy atom. The number of benzene rings is 2.